The van der Waals surface area contributed by atoms with Gasteiger partial charge in [-0.1, -0.05) is 60.7 Å². The number of nitrogens with one attached hydrogen (secondary N) is 4. The van der Waals surface area contributed by atoms with Crippen LogP contribution in [0.4, 0.5) is 11.4 Å². The molecule has 3 aromatic heterocycles. The number of fused-ring (bicyclic) bond motifs is 4. The number of benzene rings is 4. The van der Waals surface area contributed by atoms with Gasteiger partial charge >= 0.3 is 0 Å². The molecule has 0 radical (unpaired) electrons. The van der Waals surface area contributed by atoms with Gasteiger partial charge in [0, 0.05) is 65.7 Å². The summed E-state index contributed by atoms with van der Waals surface area (Å²) in [5, 5.41) is 12.8. The largest absolute Gasteiger partial charge is 0.459 e. The highest BCUT2D eigenvalue weighted by atomic mass is 16.5. The molecule has 0 bridgehead atoms. The fourth-order valence-electron chi connectivity index (χ4n) is 8.26. The zero-order valence-corrected chi connectivity index (χ0v) is 35.1. The summed E-state index contributed by atoms with van der Waals surface area (Å²) in [4.78, 5) is 101. The first-order valence-corrected chi connectivity index (χ1v) is 21.2. The molecule has 7 amide bonds. The smallest absolute Gasteiger partial charge is 0.294 e. The Morgan fingerprint density at radius 3 is 2.38 bits per heavy atom. The number of hydrogen-bond acceptors (Lipinski definition) is 12. The van der Waals surface area contributed by atoms with Crippen molar-refractivity contribution in [2.45, 2.75) is 31.0 Å². The van der Waals surface area contributed by atoms with Gasteiger partial charge in [-0.2, -0.15) is 0 Å². The van der Waals surface area contributed by atoms with E-state index in [1.807, 2.05) is 30.3 Å². The molecule has 17 nitrogen and oxygen atoms in total. The second-order valence-electron chi connectivity index (χ2n) is 15.5. The van der Waals surface area contributed by atoms with Crippen LogP contribution in [0, 0.1) is 0 Å². The third-order valence-corrected chi connectivity index (χ3v) is 11.4. The highest BCUT2D eigenvalue weighted by molar-refractivity contribution is 6.25. The molecule has 0 aliphatic carbocycles. The van der Waals surface area contributed by atoms with E-state index in [9.17, 15) is 33.6 Å². The lowest BCUT2D eigenvalue weighted by Gasteiger charge is -2.32. The molecule has 5 heterocycles. The third-order valence-electron chi connectivity index (χ3n) is 11.4. The van der Waals surface area contributed by atoms with Crippen molar-refractivity contribution in [2.24, 2.45) is 0 Å². The highest BCUT2D eigenvalue weighted by Gasteiger charge is 2.45. The number of anilines is 2. The fourth-order valence-corrected chi connectivity index (χ4v) is 8.26. The monoisotopic (exact) mass is 887 g/mol. The van der Waals surface area contributed by atoms with Gasteiger partial charge in [0.05, 0.1) is 30.6 Å². The number of rotatable bonds is 16. The van der Waals surface area contributed by atoms with Crippen molar-refractivity contribution in [3.05, 3.63) is 162 Å². The number of carbonyl (C=O) groups is 7. The van der Waals surface area contributed by atoms with Crippen LogP contribution < -0.4 is 26.2 Å². The maximum atomic E-state index is 14.9. The molecule has 9 rings (SSSR count). The predicted octanol–water partition coefficient (Wildman–Crippen LogP) is 5.47. The van der Waals surface area contributed by atoms with Gasteiger partial charge < -0.3 is 29.5 Å². The molecule has 2 aliphatic rings. The number of piperidine rings is 1. The normalized spacial score (nSPS) is 15.6. The summed E-state index contributed by atoms with van der Waals surface area (Å²) in [5.74, 6) is -4.29. The van der Waals surface area contributed by atoms with E-state index in [4.69, 9.17) is 13.6 Å². The first-order chi connectivity index (χ1) is 32.2. The average Bonchev–Trinajstić information content (AvgIpc) is 4.07. The van der Waals surface area contributed by atoms with E-state index < -0.39 is 59.5 Å². The van der Waals surface area contributed by atoms with E-state index in [0.717, 1.165) is 15.7 Å². The second kappa shape index (κ2) is 18.7. The SMILES string of the molecule is O=C1CCC(N2C(=O)c3cccc(NCCOCCNC(=O)C(NC(=O)C(c4cccnc4)N(C(=O)c4ccco4)c4ccc5c(c4)oc4ccccc45)c4ccccc4)c3C2=O)C(=O)N1. The Bertz CT molecular complexity index is 2990. The molecular weight excluding hydrogens is 847 g/mol. The van der Waals surface area contributed by atoms with Crippen molar-refractivity contribution < 1.29 is 47.1 Å². The van der Waals surface area contributed by atoms with E-state index >= 15 is 0 Å². The molecule has 17 heteroatoms. The minimum absolute atomic E-state index is 0.0119. The van der Waals surface area contributed by atoms with Gasteiger partial charge in [0.2, 0.25) is 23.6 Å². The van der Waals surface area contributed by atoms with Crippen molar-refractivity contribution in [3.8, 4) is 0 Å². The van der Waals surface area contributed by atoms with Crippen LogP contribution in [0.25, 0.3) is 21.9 Å². The summed E-state index contributed by atoms with van der Waals surface area (Å²) >= 11 is 0. The van der Waals surface area contributed by atoms with Crippen LogP contribution in [-0.4, -0.2) is 83.6 Å². The van der Waals surface area contributed by atoms with Gasteiger partial charge in [0.1, 0.15) is 29.3 Å². The Labute approximate surface area is 376 Å². The maximum Gasteiger partial charge on any atom is 0.294 e. The summed E-state index contributed by atoms with van der Waals surface area (Å²) in [6.45, 7) is 0.493. The number of furan rings is 2. The van der Waals surface area contributed by atoms with Crippen LogP contribution in [0.2, 0.25) is 0 Å². The Kier molecular flexibility index (Phi) is 12.2. The van der Waals surface area contributed by atoms with Crippen LogP contribution in [0.1, 0.15) is 67.3 Å². The summed E-state index contributed by atoms with van der Waals surface area (Å²) < 4.78 is 17.5. The van der Waals surface area contributed by atoms with Crippen molar-refractivity contribution in [2.75, 3.05) is 36.5 Å². The Balaban J connectivity index is 0.883. The Hall–Kier alpha value is -8.44. The lowest BCUT2D eigenvalue weighted by atomic mass is 10.0. The molecule has 66 heavy (non-hydrogen) atoms. The van der Waals surface area contributed by atoms with Gasteiger partial charge in [-0.3, -0.25) is 53.7 Å². The minimum Gasteiger partial charge on any atom is -0.459 e. The van der Waals surface area contributed by atoms with Crippen LogP contribution >= 0.6 is 0 Å². The number of hydrogen-bond donors (Lipinski definition) is 4. The first-order valence-electron chi connectivity index (χ1n) is 21.2. The molecule has 7 aromatic rings. The molecule has 3 atom stereocenters. The van der Waals surface area contributed by atoms with Gasteiger partial charge in [-0.05, 0) is 60.5 Å². The average molecular weight is 888 g/mol. The number of carbonyl (C=O) groups excluding carboxylic acids is 7. The first kappa shape index (κ1) is 42.8. The lowest BCUT2D eigenvalue weighted by molar-refractivity contribution is -0.136. The zero-order valence-electron chi connectivity index (χ0n) is 35.1. The molecule has 0 spiro atoms. The topological polar surface area (TPSA) is 222 Å². The van der Waals surface area contributed by atoms with Crippen LogP contribution in [0.3, 0.4) is 0 Å². The van der Waals surface area contributed by atoms with Gasteiger partial charge in [0.25, 0.3) is 17.7 Å². The maximum absolute atomic E-state index is 14.9. The zero-order chi connectivity index (χ0) is 45.7. The van der Waals surface area contributed by atoms with Crippen LogP contribution in [0.15, 0.2) is 143 Å². The summed E-state index contributed by atoms with van der Waals surface area (Å²) in [6.07, 6.45) is 4.45. The number of pyridine rings is 1. The van der Waals surface area contributed by atoms with Gasteiger partial charge in [-0.15, -0.1) is 0 Å². The molecule has 1 fully saturated rings. The van der Waals surface area contributed by atoms with E-state index in [2.05, 4.69) is 26.3 Å². The number of ether oxygens (including phenoxy) is 1. The highest BCUT2D eigenvalue weighted by Crippen LogP contribution is 2.36. The van der Waals surface area contributed by atoms with Crippen LogP contribution in [0.5, 0.6) is 0 Å². The summed E-state index contributed by atoms with van der Waals surface area (Å²) in [6, 6.07) is 29.0. The molecule has 0 saturated carbocycles. The van der Waals surface area contributed by atoms with Crippen molar-refractivity contribution >= 4 is 74.7 Å². The van der Waals surface area contributed by atoms with E-state index in [-0.39, 0.29) is 56.0 Å². The van der Waals surface area contributed by atoms with E-state index in [1.54, 1.807) is 79.0 Å². The number of amides is 7. The Morgan fingerprint density at radius 1 is 0.803 bits per heavy atom. The van der Waals surface area contributed by atoms with Gasteiger partial charge in [-0.25, -0.2) is 0 Å². The molecular formula is C49H41N7O10. The molecule has 332 valence electrons. The molecule has 4 N–H and O–H groups in total. The second-order valence-corrected chi connectivity index (χ2v) is 15.5. The molecule has 3 unspecified atom stereocenters. The molecule has 1 saturated heterocycles. The summed E-state index contributed by atoms with van der Waals surface area (Å²) in [5.41, 5.74) is 2.95. The van der Waals surface area contributed by atoms with Gasteiger partial charge in [0.15, 0.2) is 5.76 Å². The standard InChI is InChI=1S/C49H41N7O10/c57-40-20-19-36(44(58)53-40)56-47(61)34-13-6-14-35(41(34)49(56)63)51-22-25-64-26-23-52-45(59)42(29-9-2-1-3-10-29)54-46(60)43(30-11-7-21-50-28-30)55(48(62)38-16-8-24-65-38)31-17-18-33-32-12-4-5-15-37(32)66-39(33)27-31/h1-18,21,24,27-28,36,42-43,51H,19-20,22-23,25-26H2,(H,52,59)(H,54,60)(H,53,57,58). The Morgan fingerprint density at radius 2 is 1.59 bits per heavy atom. The van der Waals surface area contributed by atoms with Crippen molar-refractivity contribution in [1.29, 1.82) is 0 Å². The van der Waals surface area contributed by atoms with E-state index in [0.29, 0.717) is 33.7 Å². The number of imide groups is 2. The van der Waals surface area contributed by atoms with Crippen LogP contribution in [-0.2, 0) is 23.9 Å². The number of nitrogens with zero attached hydrogens (tertiary/aromatic N) is 3. The lowest BCUT2D eigenvalue weighted by Crippen LogP contribution is -2.54. The van der Waals surface area contributed by atoms with Crippen molar-refractivity contribution in [1.82, 2.24) is 25.8 Å². The summed E-state index contributed by atoms with van der Waals surface area (Å²) in [7, 11) is 0. The van der Waals surface area contributed by atoms with Crippen molar-refractivity contribution in [3.63, 3.8) is 0 Å². The molecule has 4 aromatic carbocycles. The number of aromatic nitrogens is 1. The minimum atomic E-state index is -1.35. The molecule has 2 aliphatic heterocycles. The quantitative estimate of drug-likeness (QED) is 0.0701. The van der Waals surface area contributed by atoms with E-state index in [1.165, 1.54) is 29.5 Å². The third kappa shape index (κ3) is 8.49. The number of para-hydroxylation sites is 1. The fraction of sp³-hybridized carbons (Fsp3) is 0.184. The predicted molar refractivity (Wildman–Crippen MR) is 239 cm³/mol.